The van der Waals surface area contributed by atoms with E-state index in [1.165, 1.54) is 17.8 Å². The predicted molar refractivity (Wildman–Crippen MR) is 101 cm³/mol. The van der Waals surface area contributed by atoms with E-state index in [0.29, 0.717) is 23.3 Å². The summed E-state index contributed by atoms with van der Waals surface area (Å²) in [6.45, 7) is 0.203. The number of carbonyl (C=O) groups excluding carboxylic acids is 1. The molecule has 1 fully saturated rings. The molecule has 4 rings (SSSR count). The quantitative estimate of drug-likeness (QED) is 0.358. The largest absolute Gasteiger partial charge is 0.534 e. The fraction of sp³-hybridized carbons (Fsp3) is 0.316. The van der Waals surface area contributed by atoms with Gasteiger partial charge in [-0.15, -0.1) is 11.8 Å². The molecular weight excluding hydrogens is 429 g/mol. The molecule has 1 saturated heterocycles. The molecule has 10 heteroatoms. The van der Waals surface area contributed by atoms with Crippen LogP contribution in [0.2, 0.25) is 0 Å². The minimum Gasteiger partial charge on any atom is -0.489 e. The lowest BCUT2D eigenvalue weighted by molar-refractivity contribution is -0.0500. The van der Waals surface area contributed by atoms with E-state index in [-0.39, 0.29) is 29.0 Å². The van der Waals surface area contributed by atoms with E-state index in [2.05, 4.69) is 4.18 Å². The first-order valence-corrected chi connectivity index (χ1v) is 11.1. The van der Waals surface area contributed by atoms with Crippen LogP contribution in [-0.4, -0.2) is 20.2 Å². The number of alkyl halides is 3. The molecule has 2 unspecified atom stereocenters. The number of thioether (sulfide) groups is 1. The van der Waals surface area contributed by atoms with Gasteiger partial charge in [0.05, 0.1) is 5.56 Å². The molecule has 5 nitrogen and oxygen atoms in total. The topological polar surface area (TPSA) is 69.7 Å². The lowest BCUT2D eigenvalue weighted by Gasteiger charge is -2.23. The van der Waals surface area contributed by atoms with Crippen LogP contribution in [0.3, 0.4) is 0 Å². The summed E-state index contributed by atoms with van der Waals surface area (Å²) < 4.78 is 72.1. The summed E-state index contributed by atoms with van der Waals surface area (Å²) in [6, 6.07) is 10.5. The van der Waals surface area contributed by atoms with Gasteiger partial charge in [-0.3, -0.25) is 4.79 Å². The van der Waals surface area contributed by atoms with Crippen molar-refractivity contribution in [3.63, 3.8) is 0 Å². The molecule has 0 aliphatic carbocycles. The Balaban J connectivity index is 1.77. The lowest BCUT2D eigenvalue weighted by atomic mass is 9.88. The highest BCUT2D eigenvalue weighted by Gasteiger charge is 2.51. The number of halogens is 3. The molecule has 2 aliphatic heterocycles. The number of benzene rings is 2. The Labute approximate surface area is 169 Å². The van der Waals surface area contributed by atoms with E-state index in [0.717, 1.165) is 12.0 Å². The van der Waals surface area contributed by atoms with Gasteiger partial charge in [-0.2, -0.15) is 21.6 Å². The van der Waals surface area contributed by atoms with E-state index in [4.69, 9.17) is 4.74 Å². The normalized spacial score (nSPS) is 20.4. The Morgan fingerprint density at radius 1 is 1.10 bits per heavy atom. The zero-order chi connectivity index (χ0) is 20.8. The fourth-order valence-corrected chi connectivity index (χ4v) is 5.79. The Hall–Kier alpha value is -2.20. The van der Waals surface area contributed by atoms with Gasteiger partial charge >= 0.3 is 15.6 Å². The summed E-state index contributed by atoms with van der Waals surface area (Å²) in [5.74, 6) is -0.179. The SMILES string of the molecule is O=Cc1cc(OCc2ccccc2)c2c(c1OS(=O)(=O)C(F)(F)F)C1CCC2S1. The first kappa shape index (κ1) is 20.1. The zero-order valence-corrected chi connectivity index (χ0v) is 16.4. The molecule has 2 aliphatic rings. The Morgan fingerprint density at radius 3 is 2.38 bits per heavy atom. The number of hydrogen-bond donors (Lipinski definition) is 0. The van der Waals surface area contributed by atoms with E-state index < -0.39 is 21.4 Å². The van der Waals surface area contributed by atoms with Gasteiger partial charge < -0.3 is 8.92 Å². The van der Waals surface area contributed by atoms with Gasteiger partial charge in [0, 0.05) is 21.6 Å². The van der Waals surface area contributed by atoms with Gasteiger partial charge in [-0.25, -0.2) is 0 Å². The van der Waals surface area contributed by atoms with Gasteiger partial charge in [0.25, 0.3) is 0 Å². The molecule has 29 heavy (non-hydrogen) atoms. The Morgan fingerprint density at radius 2 is 1.76 bits per heavy atom. The monoisotopic (exact) mass is 444 g/mol. The second-order valence-electron chi connectivity index (χ2n) is 6.69. The van der Waals surface area contributed by atoms with Crippen molar-refractivity contribution < 1.29 is 35.3 Å². The van der Waals surface area contributed by atoms with E-state index in [9.17, 15) is 26.4 Å². The lowest BCUT2D eigenvalue weighted by Crippen LogP contribution is -2.29. The van der Waals surface area contributed by atoms with Crippen molar-refractivity contribution in [1.82, 2.24) is 0 Å². The molecule has 154 valence electrons. The third-order valence-corrected chi connectivity index (χ3v) is 7.41. The number of fused-ring (bicyclic) bond motifs is 5. The molecule has 0 spiro atoms. The maximum absolute atomic E-state index is 12.9. The third-order valence-electron chi connectivity index (χ3n) is 4.85. The van der Waals surface area contributed by atoms with Crippen molar-refractivity contribution >= 4 is 28.2 Å². The molecule has 0 radical (unpaired) electrons. The minimum absolute atomic E-state index is 0.0441. The summed E-state index contributed by atoms with van der Waals surface area (Å²) in [7, 11) is -5.90. The van der Waals surface area contributed by atoms with Crippen LogP contribution >= 0.6 is 11.8 Å². The summed E-state index contributed by atoms with van der Waals surface area (Å²) in [4.78, 5) is 11.6. The molecular formula is C19H15F3O5S2. The highest BCUT2D eigenvalue weighted by molar-refractivity contribution is 8.00. The smallest absolute Gasteiger partial charge is 0.489 e. The van der Waals surface area contributed by atoms with Gasteiger partial charge in [0.1, 0.15) is 12.4 Å². The maximum Gasteiger partial charge on any atom is 0.534 e. The van der Waals surface area contributed by atoms with Gasteiger partial charge in [-0.1, -0.05) is 30.3 Å². The summed E-state index contributed by atoms with van der Waals surface area (Å²) >= 11 is 1.51. The minimum atomic E-state index is -5.90. The van der Waals surface area contributed by atoms with E-state index in [1.807, 2.05) is 30.3 Å². The fourth-order valence-electron chi connectivity index (χ4n) is 3.60. The summed E-state index contributed by atoms with van der Waals surface area (Å²) in [5.41, 5.74) is -4.07. The molecule has 0 aromatic heterocycles. The molecule has 2 heterocycles. The molecule has 0 saturated carbocycles. The van der Waals surface area contributed by atoms with Crippen molar-refractivity contribution in [3.8, 4) is 11.5 Å². The van der Waals surface area contributed by atoms with Crippen LogP contribution in [0.15, 0.2) is 36.4 Å². The average Bonchev–Trinajstić information content (AvgIpc) is 3.29. The molecule has 0 amide bonds. The van der Waals surface area contributed by atoms with Gasteiger partial charge in [0.15, 0.2) is 12.0 Å². The van der Waals surface area contributed by atoms with Crippen LogP contribution < -0.4 is 8.92 Å². The van der Waals surface area contributed by atoms with Crippen molar-refractivity contribution in [2.24, 2.45) is 0 Å². The Bertz CT molecular complexity index is 1050. The predicted octanol–water partition coefficient (Wildman–Crippen LogP) is 4.93. The van der Waals surface area contributed by atoms with Crippen molar-refractivity contribution in [1.29, 1.82) is 0 Å². The van der Waals surface area contributed by atoms with Crippen LogP contribution in [0.4, 0.5) is 13.2 Å². The van der Waals surface area contributed by atoms with Crippen LogP contribution in [0.5, 0.6) is 11.5 Å². The van der Waals surface area contributed by atoms with Crippen LogP contribution in [0.1, 0.15) is 50.4 Å². The number of aldehydes is 1. The first-order valence-electron chi connectivity index (χ1n) is 8.70. The molecule has 0 N–H and O–H groups in total. The van der Waals surface area contributed by atoms with Crippen molar-refractivity contribution in [2.75, 3.05) is 0 Å². The average molecular weight is 444 g/mol. The summed E-state index contributed by atoms with van der Waals surface area (Å²) in [5, 5.41) is -0.287. The van der Waals surface area contributed by atoms with Crippen LogP contribution in [0.25, 0.3) is 0 Å². The maximum atomic E-state index is 12.9. The molecule has 2 aromatic carbocycles. The van der Waals surface area contributed by atoms with Gasteiger partial charge in [-0.05, 0) is 24.5 Å². The first-order chi connectivity index (χ1) is 13.7. The molecule has 2 aromatic rings. The number of ether oxygens (including phenoxy) is 1. The standard InChI is InChI=1S/C19H15F3O5S2/c20-19(21,22)29(24,25)27-18-12(9-23)8-13(26-10-11-4-2-1-3-5-11)16-14-6-7-15(28-14)17(16)18/h1-5,8-9,14-15H,6-7,10H2. The molecule has 2 bridgehead atoms. The van der Waals surface area contributed by atoms with Crippen LogP contribution in [-0.2, 0) is 16.7 Å². The van der Waals surface area contributed by atoms with Gasteiger partial charge in [0.2, 0.25) is 0 Å². The van der Waals surface area contributed by atoms with Crippen molar-refractivity contribution in [2.45, 2.75) is 35.5 Å². The second-order valence-corrected chi connectivity index (χ2v) is 9.63. The van der Waals surface area contributed by atoms with E-state index >= 15 is 0 Å². The highest BCUT2D eigenvalue weighted by Crippen LogP contribution is 2.66. The zero-order valence-electron chi connectivity index (χ0n) is 14.8. The number of rotatable bonds is 6. The third kappa shape index (κ3) is 3.59. The number of carbonyl (C=O) groups is 1. The Kier molecular flexibility index (Phi) is 5.02. The van der Waals surface area contributed by atoms with Crippen LogP contribution in [0, 0.1) is 0 Å². The van der Waals surface area contributed by atoms with E-state index in [1.54, 1.807) is 0 Å². The number of hydrogen-bond acceptors (Lipinski definition) is 6. The van der Waals surface area contributed by atoms with Crippen molar-refractivity contribution in [3.05, 3.63) is 58.7 Å². The second kappa shape index (κ2) is 7.24. The summed E-state index contributed by atoms with van der Waals surface area (Å²) in [6.07, 6.45) is 1.73. The molecule has 2 atom stereocenters. The highest BCUT2D eigenvalue weighted by atomic mass is 32.2.